The van der Waals surface area contributed by atoms with E-state index in [0.717, 1.165) is 12.8 Å². The molecule has 1 aromatic rings. The molecule has 2 rings (SSSR count). The van der Waals surface area contributed by atoms with Gasteiger partial charge in [-0.1, -0.05) is 0 Å². The largest absolute Gasteiger partial charge is 0.506 e. The predicted molar refractivity (Wildman–Crippen MR) is 68.8 cm³/mol. The number of phenolic OH excluding ortho intramolecular Hbond substituents is 1. The quantitative estimate of drug-likeness (QED) is 0.895. The molecule has 0 radical (unpaired) electrons. The number of hydrogen-bond donors (Lipinski definition) is 2. The van der Waals surface area contributed by atoms with Gasteiger partial charge in [-0.3, -0.25) is 0 Å². The highest BCUT2D eigenvalue weighted by Gasteiger charge is 2.40. The van der Waals surface area contributed by atoms with Crippen molar-refractivity contribution in [3.05, 3.63) is 16.1 Å². The van der Waals surface area contributed by atoms with Gasteiger partial charge in [0.1, 0.15) is 5.75 Å². The Kier molecular flexibility index (Phi) is 3.23. The fourth-order valence-electron chi connectivity index (χ4n) is 1.88. The SMILES string of the molecule is COc1cc(Br)c(O)c(CC2(N)CC2)c1OC. The minimum atomic E-state index is -0.198. The van der Waals surface area contributed by atoms with Crippen LogP contribution in [0.15, 0.2) is 10.5 Å². The van der Waals surface area contributed by atoms with E-state index in [4.69, 9.17) is 15.2 Å². The fraction of sp³-hybridized carbons (Fsp3) is 0.500. The topological polar surface area (TPSA) is 64.7 Å². The number of ether oxygens (including phenoxy) is 2. The third-order valence-electron chi connectivity index (χ3n) is 3.11. The number of halogens is 1. The van der Waals surface area contributed by atoms with Crippen molar-refractivity contribution >= 4 is 15.9 Å². The van der Waals surface area contributed by atoms with Crippen molar-refractivity contribution in [3.63, 3.8) is 0 Å². The molecule has 1 aliphatic carbocycles. The van der Waals surface area contributed by atoms with E-state index in [-0.39, 0.29) is 11.3 Å². The Morgan fingerprint density at radius 2 is 2.06 bits per heavy atom. The smallest absolute Gasteiger partial charge is 0.167 e. The molecule has 1 aromatic carbocycles. The molecule has 1 aliphatic rings. The maximum atomic E-state index is 10.1. The fourth-order valence-corrected chi connectivity index (χ4v) is 2.33. The highest BCUT2D eigenvalue weighted by Crippen LogP contribution is 2.46. The molecule has 1 saturated carbocycles. The first-order valence-electron chi connectivity index (χ1n) is 5.42. The molecule has 0 heterocycles. The van der Waals surface area contributed by atoms with Crippen molar-refractivity contribution in [2.75, 3.05) is 14.2 Å². The average Bonchev–Trinajstić information content (AvgIpc) is 3.02. The van der Waals surface area contributed by atoms with E-state index in [2.05, 4.69) is 15.9 Å². The maximum Gasteiger partial charge on any atom is 0.167 e. The molecule has 0 unspecified atom stereocenters. The molecule has 1 fully saturated rings. The average molecular weight is 302 g/mol. The van der Waals surface area contributed by atoms with Crippen LogP contribution in [0, 0.1) is 0 Å². The lowest BCUT2D eigenvalue weighted by molar-refractivity contribution is 0.344. The summed E-state index contributed by atoms with van der Waals surface area (Å²) in [5.41, 5.74) is 6.60. The molecule has 0 spiro atoms. The first kappa shape index (κ1) is 12.5. The van der Waals surface area contributed by atoms with E-state index in [0.29, 0.717) is 28.0 Å². The molecule has 0 atom stereocenters. The Labute approximate surface area is 109 Å². The molecule has 5 heteroatoms. The van der Waals surface area contributed by atoms with Gasteiger partial charge in [-0.15, -0.1) is 0 Å². The Bertz CT molecular complexity index is 444. The van der Waals surface area contributed by atoms with Crippen LogP contribution in [0.3, 0.4) is 0 Å². The molecule has 0 bridgehead atoms. The van der Waals surface area contributed by atoms with E-state index >= 15 is 0 Å². The zero-order chi connectivity index (χ0) is 12.6. The van der Waals surface area contributed by atoms with Crippen molar-refractivity contribution in [2.45, 2.75) is 24.8 Å². The van der Waals surface area contributed by atoms with Gasteiger partial charge in [0.2, 0.25) is 0 Å². The van der Waals surface area contributed by atoms with E-state index < -0.39 is 0 Å². The molecule has 94 valence electrons. The van der Waals surface area contributed by atoms with Crippen molar-refractivity contribution in [3.8, 4) is 17.2 Å². The summed E-state index contributed by atoms with van der Waals surface area (Å²) < 4.78 is 11.1. The molecule has 3 N–H and O–H groups in total. The molecule has 0 saturated heterocycles. The van der Waals surface area contributed by atoms with Crippen LogP contribution < -0.4 is 15.2 Å². The minimum absolute atomic E-state index is 0.180. The van der Waals surface area contributed by atoms with Crippen molar-refractivity contribution in [1.29, 1.82) is 0 Å². The molecular weight excluding hydrogens is 286 g/mol. The molecule has 0 aromatic heterocycles. The Morgan fingerprint density at radius 3 is 2.53 bits per heavy atom. The van der Waals surface area contributed by atoms with Gasteiger partial charge < -0.3 is 20.3 Å². The van der Waals surface area contributed by atoms with Gasteiger partial charge in [0, 0.05) is 17.2 Å². The lowest BCUT2D eigenvalue weighted by Crippen LogP contribution is -2.25. The Balaban J connectivity index is 2.48. The second kappa shape index (κ2) is 4.38. The number of methoxy groups -OCH3 is 2. The number of aromatic hydroxyl groups is 1. The summed E-state index contributed by atoms with van der Waals surface area (Å²) in [6, 6.07) is 1.69. The van der Waals surface area contributed by atoms with Gasteiger partial charge in [0.05, 0.1) is 18.7 Å². The van der Waals surface area contributed by atoms with Gasteiger partial charge in [-0.2, -0.15) is 0 Å². The van der Waals surface area contributed by atoms with Crippen LogP contribution in [0.5, 0.6) is 17.2 Å². The lowest BCUT2D eigenvalue weighted by atomic mass is 10.0. The third kappa shape index (κ3) is 2.35. The first-order chi connectivity index (χ1) is 8.00. The number of hydrogen-bond acceptors (Lipinski definition) is 4. The number of phenols is 1. The normalized spacial score (nSPS) is 16.7. The highest BCUT2D eigenvalue weighted by molar-refractivity contribution is 9.10. The standard InChI is InChI=1S/C12H16BrNO3/c1-16-9-5-8(13)10(15)7(11(9)17-2)6-12(14)3-4-12/h5,15H,3-4,6,14H2,1-2H3. The van der Waals surface area contributed by atoms with E-state index in [9.17, 15) is 5.11 Å². The zero-order valence-electron chi connectivity index (χ0n) is 9.92. The van der Waals surface area contributed by atoms with Crippen LogP contribution in [0.1, 0.15) is 18.4 Å². The van der Waals surface area contributed by atoms with Gasteiger partial charge in [0.25, 0.3) is 0 Å². The van der Waals surface area contributed by atoms with Crippen LogP contribution >= 0.6 is 15.9 Å². The van der Waals surface area contributed by atoms with E-state index in [1.54, 1.807) is 20.3 Å². The van der Waals surface area contributed by atoms with Crippen LogP contribution in [0.4, 0.5) is 0 Å². The van der Waals surface area contributed by atoms with E-state index in [1.807, 2.05) is 0 Å². The summed E-state index contributed by atoms with van der Waals surface area (Å²) in [6.07, 6.45) is 2.55. The second-order valence-corrected chi connectivity index (χ2v) is 5.31. The van der Waals surface area contributed by atoms with Crippen molar-refractivity contribution < 1.29 is 14.6 Å². The maximum absolute atomic E-state index is 10.1. The second-order valence-electron chi connectivity index (χ2n) is 4.46. The van der Waals surface area contributed by atoms with Gasteiger partial charge >= 0.3 is 0 Å². The lowest BCUT2D eigenvalue weighted by Gasteiger charge is -2.18. The van der Waals surface area contributed by atoms with Crippen LogP contribution in [0.2, 0.25) is 0 Å². The monoisotopic (exact) mass is 301 g/mol. The zero-order valence-corrected chi connectivity index (χ0v) is 11.5. The summed E-state index contributed by atoms with van der Waals surface area (Å²) >= 11 is 3.30. The summed E-state index contributed by atoms with van der Waals surface area (Å²) in [6.45, 7) is 0. The molecule has 0 aliphatic heterocycles. The summed E-state index contributed by atoms with van der Waals surface area (Å²) in [7, 11) is 3.13. The molecule has 17 heavy (non-hydrogen) atoms. The van der Waals surface area contributed by atoms with Crippen molar-refractivity contribution in [1.82, 2.24) is 0 Å². The van der Waals surface area contributed by atoms with E-state index in [1.165, 1.54) is 0 Å². The summed E-state index contributed by atoms with van der Waals surface area (Å²) in [5.74, 6) is 1.33. The molecular formula is C12H16BrNO3. The molecule has 0 amide bonds. The predicted octanol–water partition coefficient (Wildman–Crippen LogP) is 2.21. The highest BCUT2D eigenvalue weighted by atomic mass is 79.9. The Hall–Kier alpha value is -0.940. The Morgan fingerprint density at radius 1 is 1.41 bits per heavy atom. The number of rotatable bonds is 4. The van der Waals surface area contributed by atoms with Gasteiger partial charge in [-0.05, 0) is 35.2 Å². The molecule has 4 nitrogen and oxygen atoms in total. The summed E-state index contributed by atoms with van der Waals surface area (Å²) in [5, 5.41) is 10.1. The van der Waals surface area contributed by atoms with Gasteiger partial charge in [-0.25, -0.2) is 0 Å². The van der Waals surface area contributed by atoms with Crippen LogP contribution in [0.25, 0.3) is 0 Å². The van der Waals surface area contributed by atoms with Crippen LogP contribution in [-0.4, -0.2) is 24.9 Å². The first-order valence-corrected chi connectivity index (χ1v) is 6.21. The third-order valence-corrected chi connectivity index (χ3v) is 3.72. The minimum Gasteiger partial charge on any atom is -0.506 e. The van der Waals surface area contributed by atoms with Gasteiger partial charge in [0.15, 0.2) is 11.5 Å². The van der Waals surface area contributed by atoms with Crippen LogP contribution in [-0.2, 0) is 6.42 Å². The van der Waals surface area contributed by atoms with Crippen molar-refractivity contribution in [2.24, 2.45) is 5.73 Å². The number of benzene rings is 1. The summed E-state index contributed by atoms with van der Waals surface area (Å²) in [4.78, 5) is 0. The number of nitrogens with two attached hydrogens (primary N) is 1.